The topological polar surface area (TPSA) is 66.5 Å². The molecular weight excluding hydrogens is 417 g/mol. The van der Waals surface area contributed by atoms with Gasteiger partial charge in [0, 0.05) is 25.6 Å². The zero-order valence-electron chi connectivity index (χ0n) is 16.4. The maximum atomic E-state index is 12.7. The number of rotatable bonds is 8. The summed E-state index contributed by atoms with van der Waals surface area (Å²) in [7, 11) is -3.71. The molecule has 2 aromatic carbocycles. The molecule has 0 unspecified atom stereocenters. The summed E-state index contributed by atoms with van der Waals surface area (Å²) in [5, 5.41) is 0. The molecular formula is C21H23F3N2O3S. The molecule has 5 nitrogen and oxygen atoms in total. The fourth-order valence-electron chi connectivity index (χ4n) is 3.04. The molecule has 0 heterocycles. The van der Waals surface area contributed by atoms with Crippen LogP contribution in [0.3, 0.4) is 0 Å². The highest BCUT2D eigenvalue weighted by molar-refractivity contribution is 7.89. The molecule has 9 heteroatoms. The van der Waals surface area contributed by atoms with Crippen LogP contribution in [0.5, 0.6) is 0 Å². The molecule has 30 heavy (non-hydrogen) atoms. The van der Waals surface area contributed by atoms with E-state index in [1.54, 1.807) is 17.0 Å². The monoisotopic (exact) mass is 440 g/mol. The van der Waals surface area contributed by atoms with Crippen molar-refractivity contribution in [2.75, 3.05) is 6.54 Å². The molecule has 1 saturated carbocycles. The van der Waals surface area contributed by atoms with E-state index in [1.807, 2.05) is 6.92 Å². The molecule has 1 amide bonds. The van der Waals surface area contributed by atoms with Crippen molar-refractivity contribution < 1.29 is 26.4 Å². The number of nitrogens with one attached hydrogen (secondary N) is 1. The first-order valence-corrected chi connectivity index (χ1v) is 11.1. The molecule has 0 spiro atoms. The van der Waals surface area contributed by atoms with Crippen molar-refractivity contribution in [2.45, 2.75) is 49.8 Å². The molecule has 1 fully saturated rings. The van der Waals surface area contributed by atoms with Crippen molar-refractivity contribution in [1.82, 2.24) is 9.62 Å². The van der Waals surface area contributed by atoms with Crippen LogP contribution in [0.2, 0.25) is 0 Å². The van der Waals surface area contributed by atoms with Gasteiger partial charge in [-0.1, -0.05) is 29.8 Å². The van der Waals surface area contributed by atoms with Crippen molar-refractivity contribution in [3.8, 4) is 0 Å². The van der Waals surface area contributed by atoms with Crippen molar-refractivity contribution in [2.24, 2.45) is 0 Å². The van der Waals surface area contributed by atoms with E-state index in [1.165, 1.54) is 24.3 Å². The first-order valence-electron chi connectivity index (χ1n) is 9.58. The van der Waals surface area contributed by atoms with Gasteiger partial charge in [-0.15, -0.1) is 0 Å². The van der Waals surface area contributed by atoms with E-state index in [2.05, 4.69) is 4.72 Å². The zero-order valence-corrected chi connectivity index (χ0v) is 17.3. The third-order valence-corrected chi connectivity index (χ3v) is 6.38. The molecule has 1 aliphatic rings. The second-order valence-corrected chi connectivity index (χ2v) is 9.18. The van der Waals surface area contributed by atoms with Crippen LogP contribution in [-0.4, -0.2) is 31.8 Å². The van der Waals surface area contributed by atoms with Gasteiger partial charge in [0.25, 0.3) is 0 Å². The summed E-state index contributed by atoms with van der Waals surface area (Å²) in [6.45, 7) is 2.00. The van der Waals surface area contributed by atoms with Gasteiger partial charge in [0.05, 0.1) is 10.5 Å². The van der Waals surface area contributed by atoms with Crippen LogP contribution in [0.4, 0.5) is 13.2 Å². The van der Waals surface area contributed by atoms with Crippen LogP contribution in [0.1, 0.15) is 36.0 Å². The predicted molar refractivity (Wildman–Crippen MR) is 106 cm³/mol. The van der Waals surface area contributed by atoms with E-state index in [4.69, 9.17) is 0 Å². The first kappa shape index (κ1) is 22.3. The summed E-state index contributed by atoms with van der Waals surface area (Å²) >= 11 is 0. The van der Waals surface area contributed by atoms with E-state index >= 15 is 0 Å². The van der Waals surface area contributed by atoms with Crippen molar-refractivity contribution >= 4 is 15.9 Å². The van der Waals surface area contributed by atoms with Gasteiger partial charge in [0.1, 0.15) is 0 Å². The Balaban J connectivity index is 1.58. The number of carbonyl (C=O) groups excluding carboxylic acids is 1. The normalized spacial score (nSPS) is 14.5. The number of carbonyl (C=O) groups is 1. The lowest BCUT2D eigenvalue weighted by Gasteiger charge is -2.23. The van der Waals surface area contributed by atoms with Crippen LogP contribution in [-0.2, 0) is 27.5 Å². The van der Waals surface area contributed by atoms with E-state index < -0.39 is 21.8 Å². The molecule has 0 bridgehead atoms. The number of hydrogen-bond donors (Lipinski definition) is 1. The van der Waals surface area contributed by atoms with Gasteiger partial charge in [-0.3, -0.25) is 4.79 Å². The van der Waals surface area contributed by atoms with E-state index in [0.29, 0.717) is 5.56 Å². The summed E-state index contributed by atoms with van der Waals surface area (Å²) in [4.78, 5) is 14.4. The lowest BCUT2D eigenvalue weighted by atomic mass is 10.1. The Morgan fingerprint density at radius 1 is 1.07 bits per heavy atom. The van der Waals surface area contributed by atoms with Crippen LogP contribution in [0.25, 0.3) is 0 Å². The molecule has 0 saturated heterocycles. The maximum Gasteiger partial charge on any atom is 0.416 e. The Kier molecular flexibility index (Phi) is 6.52. The second kappa shape index (κ2) is 8.77. The van der Waals surface area contributed by atoms with Crippen LogP contribution < -0.4 is 4.72 Å². The number of sulfonamides is 1. The molecule has 2 aromatic rings. The Morgan fingerprint density at radius 3 is 2.20 bits per heavy atom. The summed E-state index contributed by atoms with van der Waals surface area (Å²) in [5.74, 6) is -0.232. The smallest absolute Gasteiger partial charge is 0.335 e. The molecule has 162 valence electrons. The van der Waals surface area contributed by atoms with Crippen LogP contribution >= 0.6 is 0 Å². The van der Waals surface area contributed by atoms with Crippen molar-refractivity contribution in [1.29, 1.82) is 0 Å². The van der Waals surface area contributed by atoms with Gasteiger partial charge in [0.15, 0.2) is 0 Å². The highest BCUT2D eigenvalue weighted by atomic mass is 32.2. The van der Waals surface area contributed by atoms with Crippen LogP contribution in [0.15, 0.2) is 53.4 Å². The number of alkyl halides is 3. The fraction of sp³-hybridized carbons (Fsp3) is 0.381. The lowest BCUT2D eigenvalue weighted by molar-refractivity contribution is -0.137. The van der Waals surface area contributed by atoms with E-state index in [-0.39, 0.29) is 36.4 Å². The summed E-state index contributed by atoms with van der Waals surface area (Å²) in [5.41, 5.74) is 0.803. The van der Waals surface area contributed by atoms with E-state index in [0.717, 1.165) is 30.5 Å². The highest BCUT2D eigenvalue weighted by Gasteiger charge is 2.33. The minimum absolute atomic E-state index is 0.0256. The lowest BCUT2D eigenvalue weighted by Crippen LogP contribution is -2.35. The standard InChI is InChI=1S/C21H23F3N2O3S/c1-15-2-10-19(11-3-15)30(28,29)25-13-12-20(27)26(18-8-9-18)14-16-4-6-17(7-5-16)21(22,23)24/h2-7,10-11,18,25H,8-9,12-14H2,1H3. The minimum atomic E-state index is -4.40. The predicted octanol–water partition coefficient (Wildman–Crippen LogP) is 3.87. The quantitative estimate of drug-likeness (QED) is 0.678. The molecule has 3 rings (SSSR count). The molecule has 1 N–H and O–H groups in total. The summed E-state index contributed by atoms with van der Waals surface area (Å²) in [6, 6.07) is 11.2. The number of amides is 1. The maximum absolute atomic E-state index is 12.7. The van der Waals surface area contributed by atoms with Gasteiger partial charge in [-0.2, -0.15) is 13.2 Å². The molecule has 0 atom stereocenters. The molecule has 1 aliphatic carbocycles. The van der Waals surface area contributed by atoms with E-state index in [9.17, 15) is 26.4 Å². The minimum Gasteiger partial charge on any atom is -0.335 e. The Morgan fingerprint density at radius 2 is 1.67 bits per heavy atom. The molecule has 0 aliphatic heterocycles. The van der Waals surface area contributed by atoms with Crippen molar-refractivity contribution in [3.63, 3.8) is 0 Å². The molecule has 0 aromatic heterocycles. The fourth-order valence-corrected chi connectivity index (χ4v) is 4.07. The summed E-state index contributed by atoms with van der Waals surface area (Å²) < 4.78 is 65.2. The van der Waals surface area contributed by atoms with Gasteiger partial charge in [-0.25, -0.2) is 13.1 Å². The Bertz CT molecular complexity index is 984. The van der Waals surface area contributed by atoms with Gasteiger partial charge in [-0.05, 0) is 49.6 Å². The number of nitrogens with zero attached hydrogens (tertiary/aromatic N) is 1. The Labute approximate surface area is 173 Å². The number of aryl methyl sites for hydroxylation is 1. The van der Waals surface area contributed by atoms with Gasteiger partial charge >= 0.3 is 6.18 Å². The SMILES string of the molecule is Cc1ccc(S(=O)(=O)NCCC(=O)N(Cc2ccc(C(F)(F)F)cc2)C2CC2)cc1. The molecule has 0 radical (unpaired) electrons. The summed E-state index contributed by atoms with van der Waals surface area (Å²) in [6.07, 6.45) is -2.76. The largest absolute Gasteiger partial charge is 0.416 e. The number of benzene rings is 2. The van der Waals surface area contributed by atoms with Crippen LogP contribution in [0, 0.1) is 6.92 Å². The average Bonchev–Trinajstić information content (AvgIpc) is 3.51. The second-order valence-electron chi connectivity index (χ2n) is 7.41. The van der Waals surface area contributed by atoms with Crippen molar-refractivity contribution in [3.05, 3.63) is 65.2 Å². The average molecular weight is 440 g/mol. The third kappa shape index (κ3) is 5.82. The Hall–Kier alpha value is -2.39. The zero-order chi connectivity index (χ0) is 21.9. The van der Waals surface area contributed by atoms with Gasteiger partial charge < -0.3 is 4.90 Å². The highest BCUT2D eigenvalue weighted by Crippen LogP contribution is 2.31. The number of halogens is 3. The number of hydrogen-bond acceptors (Lipinski definition) is 3. The van der Waals surface area contributed by atoms with Gasteiger partial charge in [0.2, 0.25) is 15.9 Å². The third-order valence-electron chi connectivity index (χ3n) is 4.90. The first-order chi connectivity index (χ1) is 14.1.